The summed E-state index contributed by atoms with van der Waals surface area (Å²) < 4.78 is 10.2. The van der Waals surface area contributed by atoms with E-state index in [9.17, 15) is 9.59 Å². The monoisotopic (exact) mass is 324 g/mol. The third-order valence-corrected chi connectivity index (χ3v) is 3.65. The molecule has 6 heteroatoms. The largest absolute Gasteiger partial charge is 0.463 e. The molecule has 0 radical (unpaired) electrons. The number of hydrogen-bond acceptors (Lipinski definition) is 4. The number of esters is 2. The Bertz CT molecular complexity index is 312. The molecule has 0 amide bonds. The number of alkyl halides is 2. The van der Waals surface area contributed by atoms with Gasteiger partial charge in [-0.15, -0.1) is 23.2 Å². The first kappa shape index (κ1) is 17.6. The lowest BCUT2D eigenvalue weighted by atomic mass is 9.89. The first-order valence-corrected chi connectivity index (χ1v) is 7.98. The Labute approximate surface area is 130 Å². The Kier molecular flexibility index (Phi) is 8.31. The molecule has 0 atom stereocenters. The molecule has 0 aliphatic heterocycles. The number of ether oxygens (including phenoxy) is 2. The fourth-order valence-electron chi connectivity index (χ4n) is 2.20. The van der Waals surface area contributed by atoms with Crippen LogP contribution >= 0.6 is 23.2 Å². The van der Waals surface area contributed by atoms with Crippen LogP contribution in [-0.4, -0.2) is 29.5 Å². The second-order valence-corrected chi connectivity index (χ2v) is 6.58. The van der Waals surface area contributed by atoms with Gasteiger partial charge in [0.2, 0.25) is 0 Å². The van der Waals surface area contributed by atoms with Crippen LogP contribution in [0.3, 0.4) is 0 Å². The van der Waals surface area contributed by atoms with E-state index in [1.54, 1.807) is 0 Å². The van der Waals surface area contributed by atoms with E-state index in [0.717, 1.165) is 31.6 Å². The maximum Gasteiger partial charge on any atom is 0.306 e. The van der Waals surface area contributed by atoms with Gasteiger partial charge in [0, 0.05) is 12.8 Å². The third kappa shape index (κ3) is 7.95. The predicted octanol–water partition coefficient (Wildman–Crippen LogP) is 3.63. The number of carbonyl (C=O) groups excluding carboxylic acids is 2. The second-order valence-electron chi connectivity index (χ2n) is 5.30. The van der Waals surface area contributed by atoms with Gasteiger partial charge >= 0.3 is 11.9 Å². The van der Waals surface area contributed by atoms with Gasteiger partial charge in [-0.3, -0.25) is 9.59 Å². The molecule has 0 aromatic carbocycles. The molecule has 0 unspecified atom stereocenters. The maximum absolute atomic E-state index is 11.6. The fraction of sp³-hybridized carbons (Fsp3) is 0.857. The molecule has 0 N–H and O–H groups in total. The molecular weight excluding hydrogens is 303 g/mol. The van der Waals surface area contributed by atoms with E-state index in [-0.39, 0.29) is 31.5 Å². The summed E-state index contributed by atoms with van der Waals surface area (Å²) in [7, 11) is 0. The molecule has 1 fully saturated rings. The van der Waals surface area contributed by atoms with Crippen molar-refractivity contribution in [1.29, 1.82) is 0 Å². The summed E-state index contributed by atoms with van der Waals surface area (Å²) in [5, 5.41) is 0. The van der Waals surface area contributed by atoms with Gasteiger partial charge in [-0.1, -0.05) is 6.92 Å². The zero-order chi connectivity index (χ0) is 15.0. The summed E-state index contributed by atoms with van der Waals surface area (Å²) in [6, 6.07) is 0. The van der Waals surface area contributed by atoms with E-state index < -0.39 is 10.8 Å². The zero-order valence-corrected chi connectivity index (χ0v) is 13.3. The van der Waals surface area contributed by atoms with Crippen molar-refractivity contribution in [2.24, 2.45) is 5.92 Å². The van der Waals surface area contributed by atoms with Crippen LogP contribution in [0.4, 0.5) is 0 Å². The van der Waals surface area contributed by atoms with Crippen molar-refractivity contribution in [2.75, 3.05) is 6.61 Å². The smallest absolute Gasteiger partial charge is 0.306 e. The lowest BCUT2D eigenvalue weighted by Crippen LogP contribution is -2.23. The van der Waals surface area contributed by atoms with Crippen LogP contribution in [0.1, 0.15) is 51.9 Å². The van der Waals surface area contributed by atoms with E-state index in [2.05, 4.69) is 6.92 Å². The minimum absolute atomic E-state index is 0.0212. The Morgan fingerprint density at radius 3 is 2.30 bits per heavy atom. The van der Waals surface area contributed by atoms with E-state index in [4.69, 9.17) is 32.7 Å². The topological polar surface area (TPSA) is 52.6 Å². The number of halogens is 2. The van der Waals surface area contributed by atoms with Crippen LogP contribution in [0.25, 0.3) is 0 Å². The van der Waals surface area contributed by atoms with Gasteiger partial charge in [0.25, 0.3) is 0 Å². The van der Waals surface area contributed by atoms with Gasteiger partial charge in [-0.25, -0.2) is 0 Å². The van der Waals surface area contributed by atoms with E-state index in [0.29, 0.717) is 6.42 Å². The normalized spacial score (nSPS) is 22.6. The fourth-order valence-corrected chi connectivity index (χ4v) is 2.32. The molecule has 0 aromatic rings. The van der Waals surface area contributed by atoms with Gasteiger partial charge in [-0.05, 0) is 38.0 Å². The van der Waals surface area contributed by atoms with Crippen LogP contribution in [-0.2, 0) is 19.1 Å². The molecule has 0 saturated heterocycles. The summed E-state index contributed by atoms with van der Waals surface area (Å²) in [5.41, 5.74) is 0. The average Bonchev–Trinajstić information content (AvgIpc) is 2.39. The summed E-state index contributed by atoms with van der Waals surface area (Å²) in [5.74, 6) is 0.105. The highest BCUT2D eigenvalue weighted by molar-refractivity contribution is 6.44. The van der Waals surface area contributed by atoms with Crippen molar-refractivity contribution in [3.05, 3.63) is 0 Å². The first-order chi connectivity index (χ1) is 9.47. The average molecular weight is 325 g/mol. The van der Waals surface area contributed by atoms with Crippen LogP contribution in [0.15, 0.2) is 0 Å². The van der Waals surface area contributed by atoms with Gasteiger partial charge in [-0.2, -0.15) is 0 Å². The van der Waals surface area contributed by atoms with E-state index in [1.807, 2.05) is 0 Å². The molecule has 116 valence electrons. The molecule has 1 saturated carbocycles. The van der Waals surface area contributed by atoms with Crippen molar-refractivity contribution in [3.63, 3.8) is 0 Å². The molecule has 0 spiro atoms. The highest BCUT2D eigenvalue weighted by Gasteiger charge is 2.21. The Morgan fingerprint density at radius 1 is 1.10 bits per heavy atom. The highest BCUT2D eigenvalue weighted by atomic mass is 35.5. The Morgan fingerprint density at radius 2 is 1.70 bits per heavy atom. The van der Waals surface area contributed by atoms with Crippen molar-refractivity contribution >= 4 is 35.1 Å². The van der Waals surface area contributed by atoms with Crippen LogP contribution in [0, 0.1) is 5.92 Å². The van der Waals surface area contributed by atoms with E-state index >= 15 is 0 Å². The molecular formula is C14H22Cl2O4. The number of carbonyl (C=O) groups is 2. The summed E-state index contributed by atoms with van der Waals surface area (Å²) >= 11 is 10.9. The van der Waals surface area contributed by atoms with Crippen LogP contribution < -0.4 is 0 Å². The predicted molar refractivity (Wildman–Crippen MR) is 77.8 cm³/mol. The lowest BCUT2D eigenvalue weighted by molar-refractivity contribution is -0.151. The third-order valence-electron chi connectivity index (χ3n) is 3.39. The minimum atomic E-state index is -0.711. The van der Waals surface area contributed by atoms with Gasteiger partial charge in [0.05, 0.1) is 0 Å². The van der Waals surface area contributed by atoms with Gasteiger partial charge in [0.1, 0.15) is 17.5 Å². The first-order valence-electron chi connectivity index (χ1n) is 7.10. The Hall–Kier alpha value is -0.480. The number of rotatable bonds is 7. The molecule has 1 aliphatic carbocycles. The zero-order valence-electron chi connectivity index (χ0n) is 11.8. The molecule has 0 heterocycles. The summed E-state index contributed by atoms with van der Waals surface area (Å²) in [4.78, 5) is 22.2. The van der Waals surface area contributed by atoms with Crippen LogP contribution in [0.5, 0.6) is 0 Å². The molecule has 0 aromatic heterocycles. The van der Waals surface area contributed by atoms with Crippen molar-refractivity contribution < 1.29 is 19.1 Å². The highest BCUT2D eigenvalue weighted by Crippen LogP contribution is 2.25. The van der Waals surface area contributed by atoms with E-state index in [1.165, 1.54) is 0 Å². The Balaban J connectivity index is 2.06. The molecule has 1 aliphatic rings. The second kappa shape index (κ2) is 9.46. The SMILES string of the molecule is CC1CCC(OC(=O)CCCC(=O)OCC(Cl)Cl)CC1. The lowest BCUT2D eigenvalue weighted by Gasteiger charge is -2.25. The number of hydrogen-bond donors (Lipinski definition) is 0. The quantitative estimate of drug-likeness (QED) is 0.530. The summed E-state index contributed by atoms with van der Waals surface area (Å²) in [6.07, 6.45) is 5.02. The van der Waals surface area contributed by atoms with Crippen LogP contribution in [0.2, 0.25) is 0 Å². The minimum Gasteiger partial charge on any atom is -0.463 e. The van der Waals surface area contributed by atoms with Crippen molar-refractivity contribution in [1.82, 2.24) is 0 Å². The van der Waals surface area contributed by atoms with Gasteiger partial charge < -0.3 is 9.47 Å². The molecule has 4 nitrogen and oxygen atoms in total. The van der Waals surface area contributed by atoms with Crippen molar-refractivity contribution in [2.45, 2.75) is 62.8 Å². The molecule has 1 rings (SSSR count). The van der Waals surface area contributed by atoms with Gasteiger partial charge in [0.15, 0.2) is 0 Å². The summed E-state index contributed by atoms with van der Waals surface area (Å²) in [6.45, 7) is 2.20. The van der Waals surface area contributed by atoms with Crippen molar-refractivity contribution in [3.8, 4) is 0 Å². The molecule has 20 heavy (non-hydrogen) atoms. The standard InChI is InChI=1S/C14H22Cl2O4/c1-10-5-7-11(8-6-10)20-14(18)4-2-3-13(17)19-9-12(15)16/h10-12H,2-9H2,1H3. The maximum atomic E-state index is 11.6. The molecule has 0 bridgehead atoms.